The lowest BCUT2D eigenvalue weighted by molar-refractivity contribution is -0.124. The minimum Gasteiger partial charge on any atom is -0.381 e. The maximum atomic E-state index is 13.3. The van der Waals surface area contributed by atoms with Gasteiger partial charge < -0.3 is 10.1 Å². The number of nitrogens with one attached hydrogen (secondary N) is 2. The van der Waals surface area contributed by atoms with Crippen LogP contribution < -0.4 is 10.6 Å². The summed E-state index contributed by atoms with van der Waals surface area (Å²) in [6, 6.07) is 7.02. The van der Waals surface area contributed by atoms with Crippen LogP contribution in [0.2, 0.25) is 5.02 Å². The molecule has 0 radical (unpaired) electrons. The molecule has 3 heterocycles. The lowest BCUT2D eigenvalue weighted by Crippen LogP contribution is -2.56. The van der Waals surface area contributed by atoms with Gasteiger partial charge in [-0.25, -0.2) is 17.5 Å². The van der Waals surface area contributed by atoms with Gasteiger partial charge >= 0.3 is 6.03 Å². The Morgan fingerprint density at radius 3 is 2.42 bits per heavy atom. The number of benzene rings is 1. The first kappa shape index (κ1) is 22.5. The minimum absolute atomic E-state index is 0.0312. The quantitative estimate of drug-likeness (QED) is 0.622. The molecule has 3 amide bonds. The van der Waals surface area contributed by atoms with Crippen LogP contribution in [0.3, 0.4) is 0 Å². The Labute approximate surface area is 187 Å². The van der Waals surface area contributed by atoms with Crippen molar-refractivity contribution in [3.05, 3.63) is 34.9 Å². The van der Waals surface area contributed by atoms with Gasteiger partial charge in [0, 0.05) is 31.3 Å². The highest BCUT2D eigenvalue weighted by molar-refractivity contribution is 7.89. The molecule has 0 aromatic heterocycles. The fourth-order valence-corrected chi connectivity index (χ4v) is 6.92. The molecule has 1 aromatic carbocycles. The summed E-state index contributed by atoms with van der Waals surface area (Å²) in [5.41, 5.74) is -0.299. The fourth-order valence-electron chi connectivity index (χ4n) is 4.90. The van der Waals surface area contributed by atoms with Crippen molar-refractivity contribution in [3.63, 3.8) is 0 Å². The van der Waals surface area contributed by atoms with Gasteiger partial charge in [-0.1, -0.05) is 23.7 Å². The van der Waals surface area contributed by atoms with Crippen LogP contribution in [0.25, 0.3) is 0 Å². The van der Waals surface area contributed by atoms with Gasteiger partial charge in [-0.2, -0.15) is 0 Å². The monoisotopic (exact) mass is 469 g/mol. The molecular weight excluding hydrogens is 442 g/mol. The number of rotatable bonds is 6. The van der Waals surface area contributed by atoms with Gasteiger partial charge in [0.05, 0.1) is 5.75 Å². The van der Waals surface area contributed by atoms with E-state index in [1.807, 2.05) is 24.3 Å². The summed E-state index contributed by atoms with van der Waals surface area (Å²) in [5.74, 6) is -0.697. The summed E-state index contributed by atoms with van der Waals surface area (Å²) in [4.78, 5) is 24.6. The third-order valence-corrected chi connectivity index (χ3v) is 8.79. The van der Waals surface area contributed by atoms with Gasteiger partial charge in [0.2, 0.25) is 10.0 Å². The molecule has 0 bridgehead atoms. The fraction of sp³-hybridized carbons (Fsp3) is 0.619. The molecular formula is C21H28ClN3O5S. The average Bonchev–Trinajstić information content (AvgIpc) is 3.01. The SMILES string of the molecule is O=C1NC(=O)C(CC2CCCOC2)(CS(=O)(=O)N2CCC(c3ccc(Cl)cc3)CC2)N1. The van der Waals surface area contributed by atoms with Crippen molar-refractivity contribution < 1.29 is 22.7 Å². The number of imide groups is 1. The highest BCUT2D eigenvalue weighted by atomic mass is 35.5. The molecule has 31 heavy (non-hydrogen) atoms. The number of piperidine rings is 1. The Balaban J connectivity index is 1.45. The van der Waals surface area contributed by atoms with E-state index in [1.54, 1.807) is 0 Å². The summed E-state index contributed by atoms with van der Waals surface area (Å²) in [6.07, 6.45) is 3.36. The van der Waals surface area contributed by atoms with Gasteiger partial charge in [-0.3, -0.25) is 10.1 Å². The molecule has 170 valence electrons. The molecule has 0 saturated carbocycles. The third-order valence-electron chi connectivity index (χ3n) is 6.52. The van der Waals surface area contributed by atoms with Crippen LogP contribution in [0.5, 0.6) is 0 Å². The normalized spacial score (nSPS) is 28.4. The molecule has 1 aromatic rings. The van der Waals surface area contributed by atoms with E-state index in [4.69, 9.17) is 16.3 Å². The highest BCUT2D eigenvalue weighted by Gasteiger charge is 2.51. The number of carbonyl (C=O) groups is 2. The van der Waals surface area contributed by atoms with Crippen LogP contribution in [-0.2, 0) is 19.6 Å². The third kappa shape index (κ3) is 5.05. The van der Waals surface area contributed by atoms with E-state index in [0.717, 1.165) is 18.4 Å². The first-order chi connectivity index (χ1) is 14.8. The van der Waals surface area contributed by atoms with E-state index in [1.165, 1.54) is 4.31 Å². The summed E-state index contributed by atoms with van der Waals surface area (Å²) >= 11 is 5.96. The molecule has 2 N–H and O–H groups in total. The van der Waals surface area contributed by atoms with Crippen molar-refractivity contribution >= 4 is 33.6 Å². The second-order valence-corrected chi connectivity index (χ2v) is 11.2. The van der Waals surface area contributed by atoms with Crippen LogP contribution in [0.4, 0.5) is 4.79 Å². The Hall–Kier alpha value is -1.68. The molecule has 3 aliphatic heterocycles. The molecule has 0 aliphatic carbocycles. The van der Waals surface area contributed by atoms with E-state index >= 15 is 0 Å². The molecule has 8 nitrogen and oxygen atoms in total. The average molecular weight is 470 g/mol. The topological polar surface area (TPSA) is 105 Å². The smallest absolute Gasteiger partial charge is 0.322 e. The van der Waals surface area contributed by atoms with Crippen LogP contribution in [0, 0.1) is 5.92 Å². The predicted molar refractivity (Wildman–Crippen MR) is 116 cm³/mol. The number of nitrogens with zero attached hydrogens (tertiary/aromatic N) is 1. The maximum Gasteiger partial charge on any atom is 0.322 e. The number of amides is 3. The van der Waals surface area contributed by atoms with Crippen molar-refractivity contribution in [3.8, 4) is 0 Å². The first-order valence-electron chi connectivity index (χ1n) is 10.7. The highest BCUT2D eigenvalue weighted by Crippen LogP contribution is 2.33. The summed E-state index contributed by atoms with van der Waals surface area (Å²) in [7, 11) is -3.75. The van der Waals surface area contributed by atoms with Crippen LogP contribution in [-0.4, -0.2) is 62.3 Å². The van der Waals surface area contributed by atoms with Crippen molar-refractivity contribution in [2.45, 2.75) is 43.6 Å². The molecule has 4 rings (SSSR count). The lowest BCUT2D eigenvalue weighted by atomic mass is 9.86. The second-order valence-electron chi connectivity index (χ2n) is 8.76. The van der Waals surface area contributed by atoms with Crippen molar-refractivity contribution in [2.24, 2.45) is 5.92 Å². The summed E-state index contributed by atoms with van der Waals surface area (Å²) < 4.78 is 33.5. The summed E-state index contributed by atoms with van der Waals surface area (Å²) in [6.45, 7) is 1.90. The van der Waals surface area contributed by atoms with E-state index in [-0.39, 0.29) is 18.3 Å². The zero-order valence-corrected chi connectivity index (χ0v) is 18.9. The number of urea groups is 1. The Morgan fingerprint density at radius 1 is 1.13 bits per heavy atom. The second kappa shape index (κ2) is 9.05. The van der Waals surface area contributed by atoms with Gasteiger partial charge in [0.15, 0.2) is 0 Å². The molecule has 3 fully saturated rings. The van der Waals surface area contributed by atoms with Gasteiger partial charge in [-0.05, 0) is 61.6 Å². The van der Waals surface area contributed by atoms with E-state index in [9.17, 15) is 18.0 Å². The van der Waals surface area contributed by atoms with Gasteiger partial charge in [0.25, 0.3) is 5.91 Å². The van der Waals surface area contributed by atoms with E-state index < -0.39 is 33.3 Å². The van der Waals surface area contributed by atoms with Crippen molar-refractivity contribution in [1.29, 1.82) is 0 Å². The predicted octanol–water partition coefficient (Wildman–Crippen LogP) is 2.24. The molecule has 3 saturated heterocycles. The van der Waals surface area contributed by atoms with Crippen LogP contribution >= 0.6 is 11.6 Å². The zero-order valence-electron chi connectivity index (χ0n) is 17.3. The van der Waals surface area contributed by atoms with E-state index in [2.05, 4.69) is 10.6 Å². The number of ether oxygens (including phenoxy) is 1. The zero-order chi connectivity index (χ0) is 22.1. The largest absolute Gasteiger partial charge is 0.381 e. The van der Waals surface area contributed by atoms with Gasteiger partial charge in [-0.15, -0.1) is 0 Å². The standard InChI is InChI=1S/C21H28ClN3O5S/c22-18-5-3-16(4-6-18)17-7-9-25(10-8-17)31(28,29)14-21(19(26)23-20(27)24-21)12-15-2-1-11-30-13-15/h3-6,15,17H,1-2,7-14H2,(H2,23,24,26,27). The number of carbonyl (C=O) groups excluding carboxylic acids is 2. The number of hydrogen-bond acceptors (Lipinski definition) is 5. The summed E-state index contributed by atoms with van der Waals surface area (Å²) in [5, 5.41) is 5.53. The number of sulfonamides is 1. The minimum atomic E-state index is -3.75. The lowest BCUT2D eigenvalue weighted by Gasteiger charge is -2.36. The van der Waals surface area contributed by atoms with Crippen molar-refractivity contribution in [1.82, 2.24) is 14.9 Å². The first-order valence-corrected chi connectivity index (χ1v) is 12.7. The Bertz CT molecular complexity index is 925. The van der Waals surface area contributed by atoms with Gasteiger partial charge in [0.1, 0.15) is 5.54 Å². The molecule has 10 heteroatoms. The van der Waals surface area contributed by atoms with Crippen molar-refractivity contribution in [2.75, 3.05) is 32.1 Å². The number of halogens is 1. The molecule has 0 spiro atoms. The van der Waals surface area contributed by atoms with Crippen LogP contribution in [0.1, 0.15) is 43.6 Å². The maximum absolute atomic E-state index is 13.3. The van der Waals surface area contributed by atoms with Crippen LogP contribution in [0.15, 0.2) is 24.3 Å². The Kier molecular flexibility index (Phi) is 6.57. The molecule has 2 unspecified atom stereocenters. The molecule has 3 aliphatic rings. The van der Waals surface area contributed by atoms with E-state index in [0.29, 0.717) is 44.2 Å². The Morgan fingerprint density at radius 2 is 1.84 bits per heavy atom. The number of hydrogen-bond donors (Lipinski definition) is 2. The molecule has 2 atom stereocenters.